The van der Waals surface area contributed by atoms with Crippen molar-refractivity contribution in [3.63, 3.8) is 0 Å². The van der Waals surface area contributed by atoms with Crippen molar-refractivity contribution in [1.82, 2.24) is 15.2 Å². The summed E-state index contributed by atoms with van der Waals surface area (Å²) in [7, 11) is 0. The van der Waals surface area contributed by atoms with Crippen molar-refractivity contribution >= 4 is 29.2 Å². The maximum atomic E-state index is 12.7. The predicted octanol–water partition coefficient (Wildman–Crippen LogP) is 2.27. The maximum Gasteiger partial charge on any atom is 0.289 e. The summed E-state index contributed by atoms with van der Waals surface area (Å²) >= 11 is 5.85. The number of nitrogens with zero attached hydrogens (tertiary/aromatic N) is 2. The van der Waals surface area contributed by atoms with Crippen LogP contribution in [0.25, 0.3) is 0 Å². The molecule has 1 unspecified atom stereocenters. The molecule has 1 atom stereocenters. The van der Waals surface area contributed by atoms with Gasteiger partial charge in [0.15, 0.2) is 0 Å². The second kappa shape index (κ2) is 8.77. The number of aromatic nitrogens is 1. The van der Waals surface area contributed by atoms with Crippen LogP contribution in [0.3, 0.4) is 0 Å². The van der Waals surface area contributed by atoms with Crippen LogP contribution in [-0.2, 0) is 16.0 Å². The first kappa shape index (κ1) is 19.0. The van der Waals surface area contributed by atoms with Crippen LogP contribution in [0.4, 0.5) is 0 Å². The van der Waals surface area contributed by atoms with Gasteiger partial charge in [0.1, 0.15) is 6.04 Å². The molecule has 140 valence electrons. The summed E-state index contributed by atoms with van der Waals surface area (Å²) in [6.07, 6.45) is 3.40. The van der Waals surface area contributed by atoms with E-state index in [-0.39, 0.29) is 5.91 Å². The molecule has 3 rings (SSSR count). The topological polar surface area (TPSA) is 79.4 Å². The van der Waals surface area contributed by atoms with Crippen LogP contribution >= 0.6 is 11.6 Å². The van der Waals surface area contributed by atoms with Gasteiger partial charge in [0.25, 0.3) is 11.8 Å². The lowest BCUT2D eigenvalue weighted by Crippen LogP contribution is -2.47. The number of hydrogen-bond donors (Lipinski definition) is 1. The van der Waals surface area contributed by atoms with E-state index < -0.39 is 17.7 Å². The number of pyridine rings is 1. The Labute approximate surface area is 162 Å². The van der Waals surface area contributed by atoms with Crippen LogP contribution < -0.4 is 5.32 Å². The Morgan fingerprint density at radius 2 is 1.93 bits per heavy atom. The van der Waals surface area contributed by atoms with Crippen LogP contribution in [0.1, 0.15) is 28.9 Å². The molecule has 1 saturated heterocycles. The number of amides is 2. The van der Waals surface area contributed by atoms with E-state index in [1.54, 1.807) is 30.5 Å². The number of halogens is 1. The molecule has 1 aromatic heterocycles. The lowest BCUT2D eigenvalue weighted by atomic mass is 10.1. The summed E-state index contributed by atoms with van der Waals surface area (Å²) < 4.78 is 0. The normalized spacial score (nSPS) is 16.2. The zero-order valence-corrected chi connectivity index (χ0v) is 15.5. The van der Waals surface area contributed by atoms with E-state index in [1.165, 1.54) is 4.90 Å². The fourth-order valence-corrected chi connectivity index (χ4v) is 3.26. The van der Waals surface area contributed by atoms with Gasteiger partial charge in [-0.2, -0.15) is 0 Å². The third kappa shape index (κ3) is 4.71. The van der Waals surface area contributed by atoms with Crippen LogP contribution in [-0.4, -0.2) is 46.6 Å². The molecule has 6 nitrogen and oxygen atoms in total. The molecule has 7 heteroatoms. The molecular weight excluding hydrogens is 366 g/mol. The zero-order chi connectivity index (χ0) is 19.2. The lowest BCUT2D eigenvalue weighted by Gasteiger charge is -2.23. The third-order valence-corrected chi connectivity index (χ3v) is 4.78. The number of likely N-dealkylation sites (tertiary alicyclic amines) is 1. The monoisotopic (exact) mass is 385 g/mol. The Kier molecular flexibility index (Phi) is 6.19. The van der Waals surface area contributed by atoms with E-state index in [9.17, 15) is 14.4 Å². The fraction of sp³-hybridized carbons (Fsp3) is 0.300. The standard InChI is InChI=1S/C20H20ClN3O3/c21-15-8-6-14(7-9-15)20(27)24-13-3-5-17(24)18(25)19(26)23-12-10-16-4-1-2-11-22-16/h1-2,4,6-9,11,17H,3,5,10,12-13H2,(H,23,26). The van der Waals surface area contributed by atoms with Crippen LogP contribution in [0, 0.1) is 0 Å². The molecule has 0 radical (unpaired) electrons. The number of ketones is 1. The summed E-state index contributed by atoms with van der Waals surface area (Å²) in [5.74, 6) is -1.49. The Morgan fingerprint density at radius 1 is 1.15 bits per heavy atom. The average Bonchev–Trinajstić information content (AvgIpc) is 3.18. The molecule has 1 aliphatic rings. The highest BCUT2D eigenvalue weighted by Crippen LogP contribution is 2.22. The second-order valence-electron chi connectivity index (χ2n) is 6.35. The summed E-state index contributed by atoms with van der Waals surface area (Å²) in [6, 6.07) is 11.3. The van der Waals surface area contributed by atoms with Gasteiger partial charge in [0.05, 0.1) is 0 Å². The zero-order valence-electron chi connectivity index (χ0n) is 14.7. The molecule has 1 aliphatic heterocycles. The Bertz CT molecular complexity index is 824. The van der Waals surface area contributed by atoms with Crippen molar-refractivity contribution in [2.75, 3.05) is 13.1 Å². The third-order valence-electron chi connectivity index (χ3n) is 4.52. The Balaban J connectivity index is 1.58. The van der Waals surface area contributed by atoms with E-state index in [0.717, 1.165) is 5.69 Å². The molecule has 2 amide bonds. The molecule has 1 aromatic carbocycles. The van der Waals surface area contributed by atoms with Crippen molar-refractivity contribution in [2.45, 2.75) is 25.3 Å². The summed E-state index contributed by atoms with van der Waals surface area (Å²) in [6.45, 7) is 0.776. The summed E-state index contributed by atoms with van der Waals surface area (Å²) in [5.41, 5.74) is 1.29. The number of carbonyl (C=O) groups excluding carboxylic acids is 3. The molecule has 0 saturated carbocycles. The van der Waals surface area contributed by atoms with Gasteiger partial charge >= 0.3 is 0 Å². The maximum absolute atomic E-state index is 12.7. The van der Waals surface area contributed by atoms with E-state index in [4.69, 9.17) is 11.6 Å². The Morgan fingerprint density at radius 3 is 2.63 bits per heavy atom. The minimum Gasteiger partial charge on any atom is -0.349 e. The van der Waals surface area contributed by atoms with Crippen molar-refractivity contribution in [2.24, 2.45) is 0 Å². The van der Waals surface area contributed by atoms with Gasteiger partial charge in [-0.25, -0.2) is 0 Å². The number of nitrogens with one attached hydrogen (secondary N) is 1. The van der Waals surface area contributed by atoms with Crippen LogP contribution in [0.15, 0.2) is 48.7 Å². The first-order chi connectivity index (χ1) is 13.1. The van der Waals surface area contributed by atoms with Crippen LogP contribution in [0.5, 0.6) is 0 Å². The minimum atomic E-state index is -0.719. The van der Waals surface area contributed by atoms with Gasteiger partial charge in [0.2, 0.25) is 5.78 Å². The Hall–Kier alpha value is -2.73. The van der Waals surface area contributed by atoms with Crippen molar-refractivity contribution in [3.8, 4) is 0 Å². The molecule has 2 heterocycles. The number of hydrogen-bond acceptors (Lipinski definition) is 4. The van der Waals surface area contributed by atoms with E-state index in [2.05, 4.69) is 10.3 Å². The number of Topliss-reactive ketones (excluding diaryl/α,β-unsaturated/α-hetero) is 1. The molecular formula is C20H20ClN3O3. The molecule has 1 N–H and O–H groups in total. The molecule has 0 aliphatic carbocycles. The quantitative estimate of drug-likeness (QED) is 0.773. The molecule has 1 fully saturated rings. The van der Waals surface area contributed by atoms with Crippen molar-refractivity contribution in [1.29, 1.82) is 0 Å². The van der Waals surface area contributed by atoms with Gasteiger partial charge in [-0.3, -0.25) is 19.4 Å². The second-order valence-corrected chi connectivity index (χ2v) is 6.79. The van der Waals surface area contributed by atoms with E-state index in [0.29, 0.717) is 42.9 Å². The minimum absolute atomic E-state index is 0.260. The highest BCUT2D eigenvalue weighted by molar-refractivity contribution is 6.38. The van der Waals surface area contributed by atoms with Crippen LogP contribution in [0.2, 0.25) is 5.02 Å². The van der Waals surface area contributed by atoms with Gasteiger partial charge in [0, 0.05) is 42.0 Å². The average molecular weight is 386 g/mol. The fourth-order valence-electron chi connectivity index (χ4n) is 3.13. The van der Waals surface area contributed by atoms with Gasteiger partial charge < -0.3 is 10.2 Å². The number of benzene rings is 1. The van der Waals surface area contributed by atoms with Gasteiger partial charge in [-0.15, -0.1) is 0 Å². The first-order valence-electron chi connectivity index (χ1n) is 8.85. The van der Waals surface area contributed by atoms with Crippen molar-refractivity contribution < 1.29 is 14.4 Å². The molecule has 0 bridgehead atoms. The lowest BCUT2D eigenvalue weighted by molar-refractivity contribution is -0.140. The highest BCUT2D eigenvalue weighted by Gasteiger charge is 2.37. The summed E-state index contributed by atoms with van der Waals surface area (Å²) in [4.78, 5) is 43.1. The predicted molar refractivity (Wildman–Crippen MR) is 101 cm³/mol. The smallest absolute Gasteiger partial charge is 0.289 e. The van der Waals surface area contributed by atoms with E-state index in [1.807, 2.05) is 18.2 Å². The largest absolute Gasteiger partial charge is 0.349 e. The molecule has 27 heavy (non-hydrogen) atoms. The SMILES string of the molecule is O=C(NCCc1ccccn1)C(=O)C1CCCN1C(=O)c1ccc(Cl)cc1. The van der Waals surface area contributed by atoms with E-state index >= 15 is 0 Å². The number of carbonyl (C=O) groups is 3. The molecule has 0 spiro atoms. The highest BCUT2D eigenvalue weighted by atomic mass is 35.5. The van der Waals surface area contributed by atoms with Crippen molar-refractivity contribution in [3.05, 3.63) is 64.9 Å². The van der Waals surface area contributed by atoms with Gasteiger partial charge in [-0.1, -0.05) is 17.7 Å². The summed E-state index contributed by atoms with van der Waals surface area (Å²) in [5, 5.41) is 3.17. The van der Waals surface area contributed by atoms with Gasteiger partial charge in [-0.05, 0) is 49.2 Å². The molecule has 2 aromatic rings. The number of rotatable bonds is 6. The first-order valence-corrected chi connectivity index (χ1v) is 9.22.